The number of anilines is 1. The third-order valence-electron chi connectivity index (χ3n) is 3.80. The molecule has 2 aromatic rings. The number of halogens is 1. The number of carbonyl (C=O) groups excluding carboxylic acids is 1. The van der Waals surface area contributed by atoms with Crippen LogP contribution in [0.2, 0.25) is 0 Å². The summed E-state index contributed by atoms with van der Waals surface area (Å²) < 4.78 is 44.0. The second-order valence-corrected chi connectivity index (χ2v) is 7.60. The van der Waals surface area contributed by atoms with Gasteiger partial charge in [-0.2, -0.15) is 0 Å². The molecule has 0 spiro atoms. The highest BCUT2D eigenvalue weighted by Crippen LogP contribution is 2.22. The van der Waals surface area contributed by atoms with Gasteiger partial charge >= 0.3 is 0 Å². The second kappa shape index (κ2) is 8.18. The molecule has 8 heteroatoms. The second-order valence-electron chi connectivity index (χ2n) is 5.74. The maximum Gasteiger partial charge on any atom is 0.243 e. The molecule has 1 amide bonds. The van der Waals surface area contributed by atoms with Gasteiger partial charge in [-0.15, -0.1) is 0 Å². The Bertz CT molecular complexity index is 886. The fraction of sp³-hybridized carbons (Fsp3) is 0.278. The molecule has 0 aliphatic rings. The number of sulfonamides is 1. The van der Waals surface area contributed by atoms with E-state index in [1.165, 1.54) is 32.2 Å². The van der Waals surface area contributed by atoms with E-state index < -0.39 is 27.8 Å². The van der Waals surface area contributed by atoms with Crippen LogP contribution >= 0.6 is 0 Å². The summed E-state index contributed by atoms with van der Waals surface area (Å²) in [4.78, 5) is 12.5. The number of methoxy groups -OCH3 is 1. The van der Waals surface area contributed by atoms with E-state index >= 15 is 0 Å². The summed E-state index contributed by atoms with van der Waals surface area (Å²) in [5, 5.41) is 2.69. The molecule has 2 rings (SSSR count). The lowest BCUT2D eigenvalue weighted by Gasteiger charge is -2.28. The number of hydrogen-bond donors (Lipinski definition) is 1. The largest absolute Gasteiger partial charge is 0.496 e. The first-order valence-electron chi connectivity index (χ1n) is 7.88. The first kappa shape index (κ1) is 19.7. The molecule has 0 aliphatic carbocycles. The minimum atomic E-state index is -3.79. The number of rotatable bonds is 7. The Labute approximate surface area is 152 Å². The summed E-state index contributed by atoms with van der Waals surface area (Å²) in [6, 6.07) is 11.2. The minimum absolute atomic E-state index is 0.0902. The van der Waals surface area contributed by atoms with Crippen molar-refractivity contribution < 1.29 is 22.3 Å². The normalized spacial score (nSPS) is 12.3. The Balaban J connectivity index is 2.20. The summed E-state index contributed by atoms with van der Waals surface area (Å²) in [6.07, 6.45) is 0.974. The number of para-hydroxylation sites is 1. The van der Waals surface area contributed by atoms with Gasteiger partial charge in [-0.1, -0.05) is 24.3 Å². The molecule has 0 aliphatic heterocycles. The first-order valence-corrected chi connectivity index (χ1v) is 9.73. The number of amides is 1. The fourth-order valence-corrected chi connectivity index (χ4v) is 3.77. The maximum absolute atomic E-state index is 13.5. The quantitative estimate of drug-likeness (QED) is 0.800. The van der Waals surface area contributed by atoms with Gasteiger partial charge in [-0.05, 0) is 31.2 Å². The Hall–Kier alpha value is -2.61. The molecule has 0 saturated heterocycles. The van der Waals surface area contributed by atoms with Crippen molar-refractivity contribution in [3.8, 4) is 5.75 Å². The standard InChI is InChI=1S/C18H21FN2O4S/c1-13(18(22)20-12-14-7-4-5-10-17(14)25-2)21(26(3,23)24)16-9-6-8-15(19)11-16/h4-11,13H,12H2,1-3H3,(H,20,22). The zero-order valence-corrected chi connectivity index (χ0v) is 15.6. The molecule has 1 unspecified atom stereocenters. The van der Waals surface area contributed by atoms with Gasteiger partial charge in [0.2, 0.25) is 15.9 Å². The van der Waals surface area contributed by atoms with Crippen LogP contribution in [0, 0.1) is 5.82 Å². The van der Waals surface area contributed by atoms with Crippen LogP contribution < -0.4 is 14.4 Å². The van der Waals surface area contributed by atoms with E-state index in [0.29, 0.717) is 5.75 Å². The summed E-state index contributed by atoms with van der Waals surface area (Å²) in [5.74, 6) is -0.478. The van der Waals surface area contributed by atoms with Crippen LogP contribution in [0.1, 0.15) is 12.5 Å². The van der Waals surface area contributed by atoms with E-state index in [4.69, 9.17) is 4.74 Å². The van der Waals surface area contributed by atoms with Crippen LogP contribution in [0.3, 0.4) is 0 Å². The molecule has 0 aromatic heterocycles. The highest BCUT2D eigenvalue weighted by Gasteiger charge is 2.29. The fourth-order valence-electron chi connectivity index (χ4n) is 2.60. The predicted octanol–water partition coefficient (Wildman–Crippen LogP) is 2.31. The number of benzene rings is 2. The molecular weight excluding hydrogens is 359 g/mol. The molecule has 1 atom stereocenters. The molecule has 140 valence electrons. The van der Waals surface area contributed by atoms with Crippen LogP contribution in [0.25, 0.3) is 0 Å². The van der Waals surface area contributed by atoms with E-state index in [2.05, 4.69) is 5.32 Å². The predicted molar refractivity (Wildman–Crippen MR) is 98.0 cm³/mol. The van der Waals surface area contributed by atoms with Crippen molar-refractivity contribution in [3.63, 3.8) is 0 Å². The molecule has 0 saturated carbocycles. The van der Waals surface area contributed by atoms with Crippen LogP contribution in [-0.4, -0.2) is 33.7 Å². The minimum Gasteiger partial charge on any atom is -0.496 e. The van der Waals surface area contributed by atoms with Crippen LogP contribution in [0.5, 0.6) is 5.75 Å². The molecule has 0 radical (unpaired) electrons. The van der Waals surface area contributed by atoms with Crippen LogP contribution in [0.15, 0.2) is 48.5 Å². The van der Waals surface area contributed by atoms with Crippen LogP contribution in [0.4, 0.5) is 10.1 Å². The topological polar surface area (TPSA) is 75.7 Å². The smallest absolute Gasteiger partial charge is 0.243 e. The lowest BCUT2D eigenvalue weighted by atomic mass is 10.2. The summed E-state index contributed by atoms with van der Waals surface area (Å²) >= 11 is 0. The van der Waals surface area contributed by atoms with Gasteiger partial charge < -0.3 is 10.1 Å². The number of ether oxygens (including phenoxy) is 1. The van der Waals surface area contributed by atoms with Crippen molar-refractivity contribution in [1.82, 2.24) is 5.32 Å². The zero-order chi connectivity index (χ0) is 19.3. The maximum atomic E-state index is 13.5. The van der Waals surface area contributed by atoms with Gasteiger partial charge in [0.25, 0.3) is 0 Å². The summed E-state index contributed by atoms with van der Waals surface area (Å²) in [6.45, 7) is 1.62. The van der Waals surface area contributed by atoms with Gasteiger partial charge in [-0.25, -0.2) is 12.8 Å². The van der Waals surface area contributed by atoms with Crippen molar-refractivity contribution in [1.29, 1.82) is 0 Å². The molecule has 0 fully saturated rings. The lowest BCUT2D eigenvalue weighted by molar-refractivity contribution is -0.122. The van der Waals surface area contributed by atoms with E-state index in [9.17, 15) is 17.6 Å². The van der Waals surface area contributed by atoms with Crippen molar-refractivity contribution in [2.24, 2.45) is 0 Å². The molecule has 2 aromatic carbocycles. The first-order chi connectivity index (χ1) is 12.2. The number of nitrogens with one attached hydrogen (secondary N) is 1. The van der Waals surface area contributed by atoms with E-state index in [1.807, 2.05) is 12.1 Å². The Morgan fingerprint density at radius 2 is 1.92 bits per heavy atom. The Morgan fingerprint density at radius 1 is 1.23 bits per heavy atom. The molecule has 26 heavy (non-hydrogen) atoms. The highest BCUT2D eigenvalue weighted by molar-refractivity contribution is 7.92. The molecular formula is C18H21FN2O4S. The van der Waals surface area contributed by atoms with Crippen molar-refractivity contribution in [2.75, 3.05) is 17.7 Å². The molecule has 0 heterocycles. The molecule has 0 bridgehead atoms. The molecule has 6 nitrogen and oxygen atoms in total. The van der Waals surface area contributed by atoms with Gasteiger partial charge in [0, 0.05) is 12.1 Å². The van der Waals surface area contributed by atoms with Crippen molar-refractivity contribution in [3.05, 3.63) is 59.9 Å². The third kappa shape index (κ3) is 4.72. The van der Waals surface area contributed by atoms with Crippen molar-refractivity contribution >= 4 is 21.6 Å². The monoisotopic (exact) mass is 380 g/mol. The summed E-state index contributed by atoms with van der Waals surface area (Å²) in [5.41, 5.74) is 0.847. The average Bonchev–Trinajstić information content (AvgIpc) is 2.58. The molecule has 1 N–H and O–H groups in total. The van der Waals surface area contributed by atoms with Gasteiger partial charge in [-0.3, -0.25) is 9.10 Å². The van der Waals surface area contributed by atoms with E-state index in [-0.39, 0.29) is 12.2 Å². The highest BCUT2D eigenvalue weighted by atomic mass is 32.2. The van der Waals surface area contributed by atoms with Gasteiger partial charge in [0.1, 0.15) is 17.6 Å². The average molecular weight is 380 g/mol. The van der Waals surface area contributed by atoms with Crippen molar-refractivity contribution in [2.45, 2.75) is 19.5 Å². The SMILES string of the molecule is COc1ccccc1CNC(=O)C(C)N(c1cccc(F)c1)S(C)(=O)=O. The third-order valence-corrected chi connectivity index (χ3v) is 5.04. The number of hydrogen-bond acceptors (Lipinski definition) is 4. The summed E-state index contributed by atoms with van der Waals surface area (Å²) in [7, 11) is -2.27. The Morgan fingerprint density at radius 3 is 2.54 bits per heavy atom. The van der Waals surface area contributed by atoms with Crippen LogP contribution in [-0.2, 0) is 21.4 Å². The Kier molecular flexibility index (Phi) is 6.20. The van der Waals surface area contributed by atoms with Gasteiger partial charge in [0.15, 0.2) is 0 Å². The van der Waals surface area contributed by atoms with E-state index in [1.54, 1.807) is 12.1 Å². The lowest BCUT2D eigenvalue weighted by Crippen LogP contribution is -2.47. The zero-order valence-electron chi connectivity index (χ0n) is 14.8. The van der Waals surface area contributed by atoms with E-state index in [0.717, 1.165) is 22.2 Å². The number of carbonyl (C=O) groups is 1. The number of nitrogens with zero attached hydrogens (tertiary/aromatic N) is 1. The van der Waals surface area contributed by atoms with Gasteiger partial charge in [0.05, 0.1) is 19.1 Å².